The van der Waals surface area contributed by atoms with Gasteiger partial charge in [0.25, 0.3) is 0 Å². The van der Waals surface area contributed by atoms with E-state index in [2.05, 4.69) is 16.6 Å². The van der Waals surface area contributed by atoms with E-state index in [1.807, 2.05) is 0 Å². The van der Waals surface area contributed by atoms with Crippen LogP contribution in [0.4, 0.5) is 0 Å². The first kappa shape index (κ1) is 13.1. The molecule has 0 saturated carbocycles. The van der Waals surface area contributed by atoms with Crippen molar-refractivity contribution in [3.63, 3.8) is 0 Å². The Labute approximate surface area is 101 Å². The Balaban J connectivity index is 3.02. The second-order valence-corrected chi connectivity index (χ2v) is 3.25. The molecule has 1 aromatic rings. The molecule has 0 amide bonds. The first-order valence-electron chi connectivity index (χ1n) is 5.18. The third-order valence-electron chi connectivity index (χ3n) is 2.12. The lowest BCUT2D eigenvalue weighted by Gasteiger charge is -2.05. The van der Waals surface area contributed by atoms with Gasteiger partial charge in [0.15, 0.2) is 0 Å². The van der Waals surface area contributed by atoms with Crippen LogP contribution in [0.25, 0.3) is 0 Å². The summed E-state index contributed by atoms with van der Waals surface area (Å²) in [6, 6.07) is 4.99. The lowest BCUT2D eigenvalue weighted by atomic mass is 10.1. The summed E-state index contributed by atoms with van der Waals surface area (Å²) in [5.74, 6) is 6.01. The van der Waals surface area contributed by atoms with Crippen LogP contribution in [0.15, 0.2) is 18.2 Å². The van der Waals surface area contributed by atoms with E-state index in [9.17, 15) is 4.79 Å². The van der Waals surface area contributed by atoms with Crippen molar-refractivity contribution in [2.24, 2.45) is 5.73 Å². The van der Waals surface area contributed by atoms with Gasteiger partial charge in [0.05, 0.1) is 25.3 Å². The standard InChI is InChI=1S/C13H15NO3/c1-16-12-9-11(13(15)17-2)7-6-10(12)5-3-4-8-14/h6-7,9H,4,8,14H2,1-2H3. The third-order valence-corrected chi connectivity index (χ3v) is 2.12. The molecule has 0 spiro atoms. The quantitative estimate of drug-likeness (QED) is 0.629. The van der Waals surface area contributed by atoms with Gasteiger partial charge < -0.3 is 15.2 Å². The minimum absolute atomic E-state index is 0.398. The van der Waals surface area contributed by atoms with E-state index < -0.39 is 5.97 Å². The number of rotatable bonds is 3. The van der Waals surface area contributed by atoms with Crippen molar-refractivity contribution in [1.82, 2.24) is 0 Å². The van der Waals surface area contributed by atoms with Crippen molar-refractivity contribution in [3.8, 4) is 17.6 Å². The van der Waals surface area contributed by atoms with Crippen LogP contribution in [-0.2, 0) is 4.74 Å². The van der Waals surface area contributed by atoms with E-state index in [0.717, 1.165) is 5.56 Å². The monoisotopic (exact) mass is 233 g/mol. The number of hydrogen-bond donors (Lipinski definition) is 1. The van der Waals surface area contributed by atoms with Crippen molar-refractivity contribution >= 4 is 5.97 Å². The summed E-state index contributed by atoms with van der Waals surface area (Å²) < 4.78 is 9.80. The summed E-state index contributed by atoms with van der Waals surface area (Å²) in [5.41, 5.74) is 6.52. The first-order valence-corrected chi connectivity index (χ1v) is 5.18. The van der Waals surface area contributed by atoms with E-state index in [1.54, 1.807) is 18.2 Å². The molecule has 0 aliphatic heterocycles. The highest BCUT2D eigenvalue weighted by Gasteiger charge is 2.08. The highest BCUT2D eigenvalue weighted by atomic mass is 16.5. The number of nitrogens with two attached hydrogens (primary N) is 1. The van der Waals surface area contributed by atoms with Gasteiger partial charge in [0, 0.05) is 13.0 Å². The van der Waals surface area contributed by atoms with Gasteiger partial charge in [-0.2, -0.15) is 0 Å². The molecule has 2 N–H and O–H groups in total. The van der Waals surface area contributed by atoms with Gasteiger partial charge in [0.1, 0.15) is 5.75 Å². The molecule has 0 bridgehead atoms. The molecule has 0 aliphatic rings. The second kappa shape index (κ2) is 6.56. The normalized spacial score (nSPS) is 9.12. The first-order chi connectivity index (χ1) is 8.22. The van der Waals surface area contributed by atoms with Crippen molar-refractivity contribution in [3.05, 3.63) is 29.3 Å². The van der Waals surface area contributed by atoms with Crippen LogP contribution in [0.3, 0.4) is 0 Å². The molecule has 17 heavy (non-hydrogen) atoms. The summed E-state index contributed by atoms with van der Waals surface area (Å²) in [6.07, 6.45) is 0.627. The fourth-order valence-electron chi connectivity index (χ4n) is 1.27. The molecule has 0 unspecified atom stereocenters. The zero-order valence-electron chi connectivity index (χ0n) is 9.95. The summed E-state index contributed by atoms with van der Waals surface area (Å²) in [7, 11) is 2.87. The number of hydrogen-bond acceptors (Lipinski definition) is 4. The summed E-state index contributed by atoms with van der Waals surface area (Å²) in [4.78, 5) is 11.3. The Kier molecular flexibility index (Phi) is 5.05. The number of carbonyl (C=O) groups is 1. The molecule has 4 heteroatoms. The molecule has 0 atom stereocenters. The molecular formula is C13H15NO3. The van der Waals surface area contributed by atoms with Crippen molar-refractivity contribution < 1.29 is 14.3 Å². The number of ether oxygens (including phenoxy) is 2. The number of benzene rings is 1. The summed E-state index contributed by atoms with van der Waals surface area (Å²) >= 11 is 0. The van der Waals surface area contributed by atoms with Crippen LogP contribution in [0, 0.1) is 11.8 Å². The second-order valence-electron chi connectivity index (χ2n) is 3.25. The number of methoxy groups -OCH3 is 2. The van der Waals surface area contributed by atoms with Gasteiger partial charge in [0.2, 0.25) is 0 Å². The van der Waals surface area contributed by atoms with E-state index in [4.69, 9.17) is 10.5 Å². The van der Waals surface area contributed by atoms with Gasteiger partial charge in [-0.05, 0) is 18.2 Å². The topological polar surface area (TPSA) is 61.5 Å². The maximum atomic E-state index is 11.3. The van der Waals surface area contributed by atoms with Crippen LogP contribution in [0.5, 0.6) is 5.75 Å². The van der Waals surface area contributed by atoms with Crippen molar-refractivity contribution in [2.75, 3.05) is 20.8 Å². The van der Waals surface area contributed by atoms with E-state index in [0.29, 0.717) is 24.3 Å². The van der Waals surface area contributed by atoms with Crippen LogP contribution >= 0.6 is 0 Å². The van der Waals surface area contributed by atoms with Crippen molar-refractivity contribution in [1.29, 1.82) is 0 Å². The van der Waals surface area contributed by atoms with Gasteiger partial charge in [-0.1, -0.05) is 11.8 Å². The Morgan fingerprint density at radius 2 is 2.18 bits per heavy atom. The molecule has 0 heterocycles. The Morgan fingerprint density at radius 3 is 2.76 bits per heavy atom. The van der Waals surface area contributed by atoms with Gasteiger partial charge in [-0.15, -0.1) is 0 Å². The molecule has 0 fully saturated rings. The summed E-state index contributed by atoms with van der Waals surface area (Å²) in [5, 5.41) is 0. The highest BCUT2D eigenvalue weighted by molar-refractivity contribution is 5.90. The maximum Gasteiger partial charge on any atom is 0.337 e. The molecule has 0 radical (unpaired) electrons. The summed E-state index contributed by atoms with van der Waals surface area (Å²) in [6.45, 7) is 0.523. The third kappa shape index (κ3) is 3.51. The molecule has 4 nitrogen and oxygen atoms in total. The molecular weight excluding hydrogens is 218 g/mol. The van der Waals surface area contributed by atoms with Crippen LogP contribution in [0.1, 0.15) is 22.3 Å². The Morgan fingerprint density at radius 1 is 1.41 bits per heavy atom. The molecule has 0 saturated heterocycles. The minimum atomic E-state index is -0.398. The predicted molar refractivity (Wildman–Crippen MR) is 64.9 cm³/mol. The zero-order valence-corrected chi connectivity index (χ0v) is 9.95. The van der Waals surface area contributed by atoms with E-state index >= 15 is 0 Å². The molecule has 0 aromatic heterocycles. The van der Waals surface area contributed by atoms with Crippen LogP contribution in [0.2, 0.25) is 0 Å². The van der Waals surface area contributed by atoms with E-state index in [1.165, 1.54) is 14.2 Å². The van der Waals surface area contributed by atoms with Crippen molar-refractivity contribution in [2.45, 2.75) is 6.42 Å². The van der Waals surface area contributed by atoms with Crippen LogP contribution < -0.4 is 10.5 Å². The maximum absolute atomic E-state index is 11.3. The molecule has 0 aliphatic carbocycles. The Bertz CT molecular complexity index is 457. The number of carbonyl (C=O) groups excluding carboxylic acids is 1. The lowest BCUT2D eigenvalue weighted by Crippen LogP contribution is -2.02. The Hall–Kier alpha value is -1.99. The zero-order chi connectivity index (χ0) is 12.7. The average molecular weight is 233 g/mol. The lowest BCUT2D eigenvalue weighted by molar-refractivity contribution is 0.0600. The SMILES string of the molecule is COC(=O)c1ccc(C#CCCN)c(OC)c1. The molecule has 90 valence electrons. The van der Waals surface area contributed by atoms with Gasteiger partial charge >= 0.3 is 5.97 Å². The highest BCUT2D eigenvalue weighted by Crippen LogP contribution is 2.19. The predicted octanol–water partition coefficient (Wildman–Crippen LogP) is 1.18. The van der Waals surface area contributed by atoms with E-state index in [-0.39, 0.29) is 0 Å². The van der Waals surface area contributed by atoms with Crippen LogP contribution in [-0.4, -0.2) is 26.7 Å². The smallest absolute Gasteiger partial charge is 0.337 e. The average Bonchev–Trinajstić information content (AvgIpc) is 2.38. The minimum Gasteiger partial charge on any atom is -0.495 e. The fraction of sp³-hybridized carbons (Fsp3) is 0.308. The fourth-order valence-corrected chi connectivity index (χ4v) is 1.27. The number of esters is 1. The van der Waals surface area contributed by atoms with Gasteiger partial charge in [-0.25, -0.2) is 4.79 Å². The molecule has 1 aromatic carbocycles. The largest absolute Gasteiger partial charge is 0.495 e. The molecule has 1 rings (SSSR count). The van der Waals surface area contributed by atoms with Gasteiger partial charge in [-0.3, -0.25) is 0 Å².